The number of rotatable bonds is 9. The van der Waals surface area contributed by atoms with E-state index in [2.05, 4.69) is 9.98 Å². The van der Waals surface area contributed by atoms with E-state index < -0.39 is 11.9 Å². The summed E-state index contributed by atoms with van der Waals surface area (Å²) < 4.78 is 24.0. The average Bonchev–Trinajstić information content (AvgIpc) is 2.93. The molecule has 0 atom stereocenters. The molecule has 4 aromatic rings. The van der Waals surface area contributed by atoms with Crippen LogP contribution in [0.1, 0.15) is 34.1 Å². The first-order valence-electron chi connectivity index (χ1n) is 12.0. The van der Waals surface area contributed by atoms with Crippen LogP contribution < -0.4 is 20.5 Å². The highest BCUT2D eigenvalue weighted by atomic mass is 16.5. The summed E-state index contributed by atoms with van der Waals surface area (Å²) in [5, 5.41) is 0.183. The quantitative estimate of drug-likeness (QED) is 0.188. The lowest BCUT2D eigenvalue weighted by Crippen LogP contribution is -2.33. The molecular weight excluding hydrogens is 492 g/mol. The van der Waals surface area contributed by atoms with Gasteiger partial charge in [-0.15, -0.1) is 0 Å². The van der Waals surface area contributed by atoms with Crippen LogP contribution in [0, 0.1) is 0 Å². The van der Waals surface area contributed by atoms with E-state index in [9.17, 15) is 14.4 Å². The molecule has 0 radical (unpaired) electrons. The topological polar surface area (TPSA) is 123 Å². The molecule has 11 heteroatoms. The van der Waals surface area contributed by atoms with Gasteiger partial charge >= 0.3 is 5.97 Å². The first kappa shape index (κ1) is 26.6. The van der Waals surface area contributed by atoms with Crippen molar-refractivity contribution in [1.29, 1.82) is 0 Å². The summed E-state index contributed by atoms with van der Waals surface area (Å²) in [6.45, 7) is 2.41. The second-order valence-corrected chi connectivity index (χ2v) is 8.17. The van der Waals surface area contributed by atoms with Crippen LogP contribution in [0.25, 0.3) is 16.7 Å². The van der Waals surface area contributed by atoms with Crippen LogP contribution in [0.15, 0.2) is 58.4 Å². The number of nitrogens with zero attached hydrogens (tertiary/aromatic N) is 4. The maximum absolute atomic E-state index is 13.5. The molecule has 3 heterocycles. The average molecular weight is 521 g/mol. The van der Waals surface area contributed by atoms with Crippen molar-refractivity contribution < 1.29 is 28.5 Å². The Morgan fingerprint density at radius 2 is 1.84 bits per heavy atom. The SMILES string of the molecule is CCOC(=O)c1cc2c(=O)n3ccccc3nc2n(CCCOC)c1=NC(=O)c1ccc(OC)cc1OC. The van der Waals surface area contributed by atoms with Crippen LogP contribution in [0.2, 0.25) is 0 Å². The van der Waals surface area contributed by atoms with E-state index in [4.69, 9.17) is 18.9 Å². The standard InChI is InChI=1S/C27H28N4O7/c1-5-38-27(34)20-16-19-23(28-22-9-6-7-12-30(22)26(19)33)31(13-8-14-35-2)24(20)29-25(32)18-11-10-17(36-3)15-21(18)37-4/h6-7,9-12,15-16H,5,8,13-14H2,1-4H3. The smallest absolute Gasteiger partial charge is 0.341 e. The molecule has 0 aliphatic carbocycles. The number of fused-ring (bicyclic) bond motifs is 2. The minimum absolute atomic E-state index is 0.0158. The normalized spacial score (nSPS) is 11.6. The number of pyridine rings is 2. The monoisotopic (exact) mass is 520 g/mol. The number of benzene rings is 1. The minimum Gasteiger partial charge on any atom is -0.497 e. The van der Waals surface area contributed by atoms with Gasteiger partial charge in [0.05, 0.1) is 31.8 Å². The Hall–Kier alpha value is -4.51. The summed E-state index contributed by atoms with van der Waals surface area (Å²) in [5.41, 5.74) is 0.459. The van der Waals surface area contributed by atoms with Crippen molar-refractivity contribution in [2.24, 2.45) is 4.99 Å². The summed E-state index contributed by atoms with van der Waals surface area (Å²) in [6, 6.07) is 11.3. The molecule has 0 fully saturated rings. The molecule has 0 aliphatic heterocycles. The van der Waals surface area contributed by atoms with E-state index in [1.54, 1.807) is 55.1 Å². The number of aryl methyl sites for hydroxylation is 1. The zero-order chi connectivity index (χ0) is 27.2. The molecule has 0 N–H and O–H groups in total. The van der Waals surface area contributed by atoms with Crippen molar-refractivity contribution >= 4 is 28.6 Å². The van der Waals surface area contributed by atoms with Gasteiger partial charge in [-0.05, 0) is 43.7 Å². The van der Waals surface area contributed by atoms with E-state index in [1.807, 2.05) is 0 Å². The summed E-state index contributed by atoms with van der Waals surface area (Å²) >= 11 is 0. The van der Waals surface area contributed by atoms with Gasteiger partial charge in [-0.3, -0.25) is 14.0 Å². The number of esters is 1. The molecule has 3 aromatic heterocycles. The molecular formula is C27H28N4O7. The number of ether oxygens (including phenoxy) is 4. The first-order valence-corrected chi connectivity index (χ1v) is 12.0. The molecule has 1 amide bonds. The Labute approximate surface area is 217 Å². The molecule has 0 aliphatic rings. The van der Waals surface area contributed by atoms with Gasteiger partial charge in [0.1, 0.15) is 28.4 Å². The van der Waals surface area contributed by atoms with E-state index in [1.165, 1.54) is 30.8 Å². The van der Waals surface area contributed by atoms with E-state index in [0.29, 0.717) is 24.4 Å². The number of hydrogen-bond acceptors (Lipinski definition) is 8. The molecule has 1 aromatic carbocycles. The van der Waals surface area contributed by atoms with Gasteiger partial charge in [-0.1, -0.05) is 6.07 Å². The highest BCUT2D eigenvalue weighted by molar-refractivity contribution is 5.99. The van der Waals surface area contributed by atoms with E-state index in [0.717, 1.165) is 0 Å². The van der Waals surface area contributed by atoms with Crippen LogP contribution in [0.4, 0.5) is 0 Å². The van der Waals surface area contributed by atoms with Crippen molar-refractivity contribution in [2.45, 2.75) is 19.9 Å². The molecule has 0 unspecified atom stereocenters. The Balaban J connectivity index is 2.07. The fourth-order valence-electron chi connectivity index (χ4n) is 4.07. The second kappa shape index (κ2) is 11.7. The van der Waals surface area contributed by atoms with Crippen LogP contribution >= 0.6 is 0 Å². The predicted molar refractivity (Wildman–Crippen MR) is 139 cm³/mol. The fraction of sp³-hybridized carbons (Fsp3) is 0.296. The van der Waals surface area contributed by atoms with Gasteiger partial charge in [0, 0.05) is 32.5 Å². The van der Waals surface area contributed by atoms with Gasteiger partial charge in [0.15, 0.2) is 5.49 Å². The molecule has 198 valence electrons. The zero-order valence-electron chi connectivity index (χ0n) is 21.6. The third kappa shape index (κ3) is 5.14. The summed E-state index contributed by atoms with van der Waals surface area (Å²) in [7, 11) is 4.50. The lowest BCUT2D eigenvalue weighted by atomic mass is 10.1. The summed E-state index contributed by atoms with van der Waals surface area (Å²) in [4.78, 5) is 49.0. The number of methoxy groups -OCH3 is 3. The molecule has 11 nitrogen and oxygen atoms in total. The third-order valence-electron chi connectivity index (χ3n) is 5.86. The molecule has 38 heavy (non-hydrogen) atoms. The molecule has 0 saturated carbocycles. The van der Waals surface area contributed by atoms with Gasteiger partial charge in [0.25, 0.3) is 11.5 Å². The lowest BCUT2D eigenvalue weighted by molar-refractivity contribution is 0.0523. The van der Waals surface area contributed by atoms with Crippen LogP contribution in [0.5, 0.6) is 11.5 Å². The Bertz CT molecular complexity index is 1640. The van der Waals surface area contributed by atoms with Crippen molar-refractivity contribution in [3.8, 4) is 11.5 Å². The van der Waals surface area contributed by atoms with Crippen LogP contribution in [-0.4, -0.2) is 60.4 Å². The van der Waals surface area contributed by atoms with Gasteiger partial charge in [-0.25, -0.2) is 9.78 Å². The van der Waals surface area contributed by atoms with Crippen molar-refractivity contribution in [3.05, 3.63) is 75.6 Å². The number of carbonyl (C=O) groups is 2. The summed E-state index contributed by atoms with van der Waals surface area (Å²) in [6.07, 6.45) is 2.10. The maximum Gasteiger partial charge on any atom is 0.341 e. The molecule has 4 rings (SSSR count). The Morgan fingerprint density at radius 3 is 2.55 bits per heavy atom. The van der Waals surface area contributed by atoms with Gasteiger partial charge < -0.3 is 23.5 Å². The minimum atomic E-state index is -0.722. The zero-order valence-corrected chi connectivity index (χ0v) is 21.6. The van der Waals surface area contributed by atoms with E-state index >= 15 is 0 Å². The molecule has 0 bridgehead atoms. The fourth-order valence-corrected chi connectivity index (χ4v) is 4.07. The van der Waals surface area contributed by atoms with Gasteiger partial charge in [0.2, 0.25) is 0 Å². The third-order valence-corrected chi connectivity index (χ3v) is 5.86. The van der Waals surface area contributed by atoms with Crippen molar-refractivity contribution in [2.75, 3.05) is 34.5 Å². The van der Waals surface area contributed by atoms with Crippen molar-refractivity contribution in [3.63, 3.8) is 0 Å². The van der Waals surface area contributed by atoms with E-state index in [-0.39, 0.29) is 52.1 Å². The second-order valence-electron chi connectivity index (χ2n) is 8.17. The Kier molecular flexibility index (Phi) is 8.17. The van der Waals surface area contributed by atoms with Crippen LogP contribution in [0.3, 0.4) is 0 Å². The largest absolute Gasteiger partial charge is 0.497 e. The number of hydrogen-bond donors (Lipinski definition) is 0. The first-order chi connectivity index (χ1) is 18.4. The van der Waals surface area contributed by atoms with Crippen molar-refractivity contribution in [1.82, 2.24) is 14.0 Å². The number of carbonyl (C=O) groups excluding carboxylic acids is 2. The lowest BCUT2D eigenvalue weighted by Gasteiger charge is -2.15. The van der Waals surface area contributed by atoms with Gasteiger partial charge in [-0.2, -0.15) is 4.99 Å². The highest BCUT2D eigenvalue weighted by Gasteiger charge is 2.21. The Morgan fingerprint density at radius 1 is 1.03 bits per heavy atom. The number of amides is 1. The predicted octanol–water partition coefficient (Wildman–Crippen LogP) is 2.62. The maximum atomic E-state index is 13.5. The molecule has 0 spiro atoms. The van der Waals surface area contributed by atoms with Crippen LogP contribution in [-0.2, 0) is 16.0 Å². The molecule has 0 saturated heterocycles. The number of aromatic nitrogens is 3. The summed E-state index contributed by atoms with van der Waals surface area (Å²) in [5.74, 6) is -0.625. The highest BCUT2D eigenvalue weighted by Crippen LogP contribution is 2.25.